The average molecular weight is 770 g/mol. The lowest BCUT2D eigenvalue weighted by Crippen LogP contribution is -1.93. The molecule has 14 rings (SSSR count). The number of hydrogen-bond donors (Lipinski definition) is 0. The van der Waals surface area contributed by atoms with Crippen molar-refractivity contribution in [3.63, 3.8) is 0 Å². The van der Waals surface area contributed by atoms with Gasteiger partial charge in [-0.15, -0.1) is 0 Å². The van der Waals surface area contributed by atoms with E-state index in [0.29, 0.717) is 0 Å². The van der Waals surface area contributed by atoms with Crippen molar-refractivity contribution in [2.24, 2.45) is 0 Å². The van der Waals surface area contributed by atoms with Gasteiger partial charge >= 0.3 is 0 Å². The predicted octanol–water partition coefficient (Wildman–Crippen LogP) is 16.7. The fourth-order valence-electron chi connectivity index (χ4n) is 11.3. The maximum absolute atomic E-state index is 2.53. The first-order chi connectivity index (χ1) is 30.3. The minimum Gasteiger partial charge on any atom is -0.309 e. The van der Waals surface area contributed by atoms with Crippen molar-refractivity contribution >= 4 is 97.2 Å². The fourth-order valence-corrected chi connectivity index (χ4v) is 11.3. The van der Waals surface area contributed by atoms with Gasteiger partial charge in [-0.3, -0.25) is 0 Å². The zero-order valence-corrected chi connectivity index (χ0v) is 33.2. The van der Waals surface area contributed by atoms with E-state index in [-0.39, 0.29) is 0 Å². The molecule has 0 unspecified atom stereocenters. The first kappa shape index (κ1) is 32.9. The van der Waals surface area contributed by atoms with E-state index < -0.39 is 0 Å². The lowest BCUT2D eigenvalue weighted by atomic mass is 9.84. The van der Waals surface area contributed by atoms with Crippen molar-refractivity contribution in [1.29, 1.82) is 0 Å². The minimum absolute atomic E-state index is 1.17. The number of aromatic nitrogens is 1. The van der Waals surface area contributed by atoms with Crippen LogP contribution < -0.4 is 0 Å². The largest absolute Gasteiger partial charge is 0.309 e. The molecule has 0 fully saturated rings. The molecule has 61 heavy (non-hydrogen) atoms. The van der Waals surface area contributed by atoms with Gasteiger partial charge in [0, 0.05) is 16.5 Å². The summed E-state index contributed by atoms with van der Waals surface area (Å²) >= 11 is 0. The summed E-state index contributed by atoms with van der Waals surface area (Å²) in [5, 5.41) is 20.9. The molecule has 0 aliphatic heterocycles. The van der Waals surface area contributed by atoms with Crippen LogP contribution in [0.3, 0.4) is 0 Å². The third-order valence-electron chi connectivity index (χ3n) is 13.6. The van der Waals surface area contributed by atoms with Gasteiger partial charge in [-0.2, -0.15) is 0 Å². The van der Waals surface area contributed by atoms with Crippen LogP contribution >= 0.6 is 0 Å². The molecule has 0 N–H and O–H groups in total. The summed E-state index contributed by atoms with van der Waals surface area (Å²) in [6, 6.07) is 79.1. The molecular formula is C60H35N. The number of rotatable bonds is 4. The third-order valence-corrected chi connectivity index (χ3v) is 13.6. The van der Waals surface area contributed by atoms with Crippen LogP contribution in [0.1, 0.15) is 0 Å². The van der Waals surface area contributed by atoms with Crippen molar-refractivity contribution < 1.29 is 0 Å². The van der Waals surface area contributed by atoms with E-state index >= 15 is 0 Å². The monoisotopic (exact) mass is 769 g/mol. The Bertz CT molecular complexity index is 4070. The van der Waals surface area contributed by atoms with Crippen molar-refractivity contribution in [2.75, 3.05) is 0 Å². The van der Waals surface area contributed by atoms with Crippen molar-refractivity contribution in [3.05, 3.63) is 212 Å². The molecular weight excluding hydrogens is 735 g/mol. The molecule has 0 saturated carbocycles. The van der Waals surface area contributed by atoms with Gasteiger partial charge in [0.2, 0.25) is 0 Å². The van der Waals surface area contributed by atoms with E-state index in [4.69, 9.17) is 0 Å². The highest BCUT2D eigenvalue weighted by Crippen LogP contribution is 2.55. The van der Waals surface area contributed by atoms with Gasteiger partial charge in [-0.1, -0.05) is 182 Å². The van der Waals surface area contributed by atoms with Gasteiger partial charge in [0.15, 0.2) is 0 Å². The predicted molar refractivity (Wildman–Crippen MR) is 262 cm³/mol. The van der Waals surface area contributed by atoms with Gasteiger partial charge in [-0.25, -0.2) is 0 Å². The SMILES string of the molecule is c1ccc(-c2c3cc4c5ccccc5c5cccc(c3c(-c3ccccc3)c3c6ccc(-c7cccc8c7c7ccccc7n8-c7ccccc7)c7cccc(c23)c76)c54)cc1. The van der Waals surface area contributed by atoms with Crippen LogP contribution in [0.5, 0.6) is 0 Å². The van der Waals surface area contributed by atoms with Gasteiger partial charge in [0.25, 0.3) is 0 Å². The Morgan fingerprint density at radius 1 is 0.230 bits per heavy atom. The molecule has 280 valence electrons. The molecule has 0 aliphatic carbocycles. The first-order valence-electron chi connectivity index (χ1n) is 21.3. The molecule has 1 aromatic heterocycles. The molecule has 0 bridgehead atoms. The second-order valence-electron chi connectivity index (χ2n) is 16.6. The first-order valence-corrected chi connectivity index (χ1v) is 21.3. The smallest absolute Gasteiger partial charge is 0.0547 e. The lowest BCUT2D eigenvalue weighted by molar-refractivity contribution is 1.18. The summed E-state index contributed by atoms with van der Waals surface area (Å²) in [6.45, 7) is 0. The number of hydrogen-bond acceptors (Lipinski definition) is 0. The quantitative estimate of drug-likeness (QED) is 0.157. The van der Waals surface area contributed by atoms with Gasteiger partial charge < -0.3 is 4.57 Å². The Labute approximate surface area is 351 Å². The van der Waals surface area contributed by atoms with Crippen LogP contribution in [0.15, 0.2) is 212 Å². The van der Waals surface area contributed by atoms with E-state index in [2.05, 4.69) is 217 Å². The summed E-state index contributed by atoms with van der Waals surface area (Å²) in [5.41, 5.74) is 11.2. The topological polar surface area (TPSA) is 4.93 Å². The molecule has 0 amide bonds. The highest BCUT2D eigenvalue weighted by Gasteiger charge is 2.27. The van der Waals surface area contributed by atoms with Crippen molar-refractivity contribution in [2.45, 2.75) is 0 Å². The summed E-state index contributed by atoms with van der Waals surface area (Å²) < 4.78 is 2.42. The second-order valence-corrected chi connectivity index (χ2v) is 16.6. The standard InChI is InChI=1S/C60H35N/c1-4-17-36(18-5-1)53-50-35-49-40-24-11-10-23-39(40)42-26-14-29-46(56(42)49)58(50)54(37-19-6-2-7-20-37)60-48-34-33-41(43-27-15-30-47(55(43)48)59(53)60)44-28-16-32-52-57(44)45-25-12-13-31-51(45)61(52)38-21-8-3-9-22-38/h1-35H. The maximum atomic E-state index is 2.53. The van der Waals surface area contributed by atoms with E-state index in [0.717, 1.165) is 0 Å². The zero-order chi connectivity index (χ0) is 39.8. The normalized spacial score (nSPS) is 12.3. The Kier molecular flexibility index (Phi) is 6.62. The summed E-state index contributed by atoms with van der Waals surface area (Å²) in [7, 11) is 0. The lowest BCUT2D eigenvalue weighted by Gasteiger charge is -2.19. The molecule has 1 heterocycles. The van der Waals surface area contributed by atoms with E-state index in [1.807, 2.05) is 0 Å². The molecule has 1 nitrogen and oxygen atoms in total. The van der Waals surface area contributed by atoms with Crippen LogP contribution in [0.4, 0.5) is 0 Å². The number of benzene rings is 11. The molecule has 0 radical (unpaired) electrons. The van der Waals surface area contributed by atoms with Gasteiger partial charge in [0.05, 0.1) is 11.0 Å². The molecule has 1 heteroatoms. The maximum Gasteiger partial charge on any atom is 0.0547 e. The van der Waals surface area contributed by atoms with Crippen LogP contribution in [-0.2, 0) is 0 Å². The molecule has 13 aromatic carbocycles. The molecule has 14 aromatic rings. The van der Waals surface area contributed by atoms with Crippen LogP contribution in [-0.4, -0.2) is 4.57 Å². The highest BCUT2D eigenvalue weighted by molar-refractivity contribution is 6.45. The third kappa shape index (κ3) is 4.34. The Morgan fingerprint density at radius 2 is 0.738 bits per heavy atom. The Hall–Kier alpha value is -8.00. The molecule has 0 atom stereocenters. The Balaban J connectivity index is 1.19. The summed E-state index contributed by atoms with van der Waals surface area (Å²) in [4.78, 5) is 0. The molecule has 0 saturated heterocycles. The van der Waals surface area contributed by atoms with Crippen LogP contribution in [0.2, 0.25) is 0 Å². The number of fused-ring (bicyclic) bond motifs is 11. The van der Waals surface area contributed by atoms with E-state index in [9.17, 15) is 0 Å². The number of para-hydroxylation sites is 2. The summed E-state index contributed by atoms with van der Waals surface area (Å²) in [5.74, 6) is 0. The van der Waals surface area contributed by atoms with Crippen LogP contribution in [0.25, 0.3) is 136 Å². The van der Waals surface area contributed by atoms with Gasteiger partial charge in [0.1, 0.15) is 0 Å². The van der Waals surface area contributed by atoms with E-state index in [1.165, 1.54) is 136 Å². The van der Waals surface area contributed by atoms with Gasteiger partial charge in [-0.05, 0) is 139 Å². The summed E-state index contributed by atoms with van der Waals surface area (Å²) in [6.07, 6.45) is 0. The van der Waals surface area contributed by atoms with Crippen LogP contribution in [0, 0.1) is 0 Å². The van der Waals surface area contributed by atoms with Crippen molar-refractivity contribution in [3.8, 4) is 39.1 Å². The van der Waals surface area contributed by atoms with E-state index in [1.54, 1.807) is 0 Å². The molecule has 0 aliphatic rings. The number of nitrogens with zero attached hydrogens (tertiary/aromatic N) is 1. The Morgan fingerprint density at radius 3 is 1.49 bits per heavy atom. The fraction of sp³-hybridized carbons (Fsp3) is 0. The average Bonchev–Trinajstić information content (AvgIpc) is 3.97. The van der Waals surface area contributed by atoms with Crippen molar-refractivity contribution in [1.82, 2.24) is 4.57 Å². The minimum atomic E-state index is 1.17. The zero-order valence-electron chi connectivity index (χ0n) is 33.2. The second kappa shape index (κ2) is 12.3. The highest BCUT2D eigenvalue weighted by atomic mass is 15.0. The molecule has 0 spiro atoms.